The molecule has 1 aromatic rings. The van der Waals surface area contributed by atoms with Crippen LogP contribution in [0.2, 0.25) is 0 Å². The third-order valence-electron chi connectivity index (χ3n) is 4.17. The minimum Gasteiger partial charge on any atom is -0.459 e. The van der Waals surface area contributed by atoms with Gasteiger partial charge < -0.3 is 20.0 Å². The standard InChI is InChI=1S/C16H21N3O4/c20-14(7-8-17-16(22)13-4-2-10-23-13)19-9-1-3-12(19)15(21)18-11-5-6-11/h2,4,10-12H,1,3,5-9H2,(H,17,22)(H,18,21). The fourth-order valence-corrected chi connectivity index (χ4v) is 2.78. The van der Waals surface area contributed by atoms with E-state index in [9.17, 15) is 14.4 Å². The molecule has 0 aromatic carbocycles. The summed E-state index contributed by atoms with van der Waals surface area (Å²) in [5.74, 6) is -0.260. The summed E-state index contributed by atoms with van der Waals surface area (Å²) in [7, 11) is 0. The largest absolute Gasteiger partial charge is 0.459 e. The summed E-state index contributed by atoms with van der Waals surface area (Å²) in [6.45, 7) is 0.833. The van der Waals surface area contributed by atoms with Crippen LogP contribution in [0.3, 0.4) is 0 Å². The van der Waals surface area contributed by atoms with Crippen molar-refractivity contribution in [3.05, 3.63) is 24.2 Å². The van der Waals surface area contributed by atoms with Gasteiger partial charge in [0.25, 0.3) is 5.91 Å². The van der Waals surface area contributed by atoms with Crippen LogP contribution in [0.5, 0.6) is 0 Å². The van der Waals surface area contributed by atoms with Gasteiger partial charge in [0.1, 0.15) is 6.04 Å². The van der Waals surface area contributed by atoms with E-state index in [0.29, 0.717) is 19.0 Å². The van der Waals surface area contributed by atoms with Crippen molar-refractivity contribution in [3.63, 3.8) is 0 Å². The second-order valence-corrected chi connectivity index (χ2v) is 6.01. The smallest absolute Gasteiger partial charge is 0.286 e. The van der Waals surface area contributed by atoms with Crippen molar-refractivity contribution in [3.8, 4) is 0 Å². The molecule has 0 bridgehead atoms. The van der Waals surface area contributed by atoms with E-state index >= 15 is 0 Å². The van der Waals surface area contributed by atoms with E-state index in [0.717, 1.165) is 19.3 Å². The van der Waals surface area contributed by atoms with Crippen LogP contribution in [0.25, 0.3) is 0 Å². The molecule has 3 amide bonds. The van der Waals surface area contributed by atoms with Crippen LogP contribution in [0.15, 0.2) is 22.8 Å². The first-order valence-corrected chi connectivity index (χ1v) is 8.06. The Labute approximate surface area is 134 Å². The normalized spacial score (nSPS) is 20.3. The molecule has 23 heavy (non-hydrogen) atoms. The van der Waals surface area contributed by atoms with E-state index in [1.54, 1.807) is 17.0 Å². The van der Waals surface area contributed by atoms with Gasteiger partial charge in [0, 0.05) is 25.6 Å². The van der Waals surface area contributed by atoms with Crippen molar-refractivity contribution < 1.29 is 18.8 Å². The number of furan rings is 1. The molecule has 2 fully saturated rings. The summed E-state index contributed by atoms with van der Waals surface area (Å²) < 4.78 is 4.98. The third-order valence-corrected chi connectivity index (χ3v) is 4.17. The van der Waals surface area contributed by atoms with Crippen LogP contribution in [0, 0.1) is 0 Å². The molecule has 7 nitrogen and oxygen atoms in total. The lowest BCUT2D eigenvalue weighted by molar-refractivity contribution is -0.138. The average Bonchev–Trinajstić information content (AvgIpc) is 3.05. The van der Waals surface area contributed by atoms with Gasteiger partial charge in [0.05, 0.1) is 6.26 Å². The molecule has 3 rings (SSSR count). The molecule has 1 saturated carbocycles. The molecule has 2 heterocycles. The maximum atomic E-state index is 12.3. The Hall–Kier alpha value is -2.31. The summed E-state index contributed by atoms with van der Waals surface area (Å²) in [6.07, 6.45) is 5.22. The summed E-state index contributed by atoms with van der Waals surface area (Å²) in [5, 5.41) is 5.60. The van der Waals surface area contributed by atoms with Gasteiger partial charge in [-0.1, -0.05) is 0 Å². The lowest BCUT2D eigenvalue weighted by Crippen LogP contribution is -2.47. The van der Waals surface area contributed by atoms with E-state index in [1.807, 2.05) is 0 Å². The highest BCUT2D eigenvalue weighted by atomic mass is 16.3. The Balaban J connectivity index is 1.45. The zero-order chi connectivity index (χ0) is 16.2. The first kappa shape index (κ1) is 15.6. The minimum atomic E-state index is -0.358. The SMILES string of the molecule is O=C(NCCC(=O)N1CCCC1C(=O)NC1CC1)c1ccco1. The number of carbonyl (C=O) groups is 3. The van der Waals surface area contributed by atoms with E-state index in [2.05, 4.69) is 10.6 Å². The maximum Gasteiger partial charge on any atom is 0.286 e. The molecular formula is C16H21N3O4. The topological polar surface area (TPSA) is 91.7 Å². The van der Waals surface area contributed by atoms with E-state index < -0.39 is 0 Å². The molecule has 1 aliphatic heterocycles. The van der Waals surface area contributed by atoms with Crippen LogP contribution >= 0.6 is 0 Å². The summed E-state index contributed by atoms with van der Waals surface area (Å²) in [6, 6.07) is 3.14. The molecule has 1 aromatic heterocycles. The maximum absolute atomic E-state index is 12.3. The Morgan fingerprint density at radius 2 is 2.09 bits per heavy atom. The van der Waals surface area contributed by atoms with E-state index in [1.165, 1.54) is 6.26 Å². The number of hydrogen-bond donors (Lipinski definition) is 2. The van der Waals surface area contributed by atoms with Crippen molar-refractivity contribution in [2.75, 3.05) is 13.1 Å². The van der Waals surface area contributed by atoms with Gasteiger partial charge >= 0.3 is 0 Å². The highest BCUT2D eigenvalue weighted by Crippen LogP contribution is 2.22. The van der Waals surface area contributed by atoms with Gasteiger partial charge in [-0.2, -0.15) is 0 Å². The summed E-state index contributed by atoms with van der Waals surface area (Å²) in [5.41, 5.74) is 0. The zero-order valence-corrected chi connectivity index (χ0v) is 12.9. The van der Waals surface area contributed by atoms with Gasteiger partial charge in [-0.05, 0) is 37.8 Å². The average molecular weight is 319 g/mol. The Morgan fingerprint density at radius 3 is 2.78 bits per heavy atom. The fraction of sp³-hybridized carbons (Fsp3) is 0.562. The van der Waals surface area contributed by atoms with Crippen molar-refractivity contribution in [1.29, 1.82) is 0 Å². The van der Waals surface area contributed by atoms with Crippen LogP contribution in [0.4, 0.5) is 0 Å². The molecule has 124 valence electrons. The van der Waals surface area contributed by atoms with Crippen LogP contribution < -0.4 is 10.6 Å². The van der Waals surface area contributed by atoms with Gasteiger partial charge in [-0.25, -0.2) is 0 Å². The fourth-order valence-electron chi connectivity index (χ4n) is 2.78. The van der Waals surface area contributed by atoms with Crippen LogP contribution in [-0.4, -0.2) is 47.8 Å². The predicted octanol–water partition coefficient (Wildman–Crippen LogP) is 0.669. The lowest BCUT2D eigenvalue weighted by Gasteiger charge is -2.24. The molecule has 7 heteroatoms. The molecule has 0 spiro atoms. The number of nitrogens with zero attached hydrogens (tertiary/aromatic N) is 1. The number of amides is 3. The highest BCUT2D eigenvalue weighted by Gasteiger charge is 2.36. The van der Waals surface area contributed by atoms with Crippen molar-refractivity contribution in [2.45, 2.75) is 44.2 Å². The number of likely N-dealkylation sites (tertiary alicyclic amines) is 1. The van der Waals surface area contributed by atoms with Gasteiger partial charge in [0.15, 0.2) is 5.76 Å². The molecule has 1 unspecified atom stereocenters. The van der Waals surface area contributed by atoms with Gasteiger partial charge in [0.2, 0.25) is 11.8 Å². The predicted molar refractivity (Wildman–Crippen MR) is 81.6 cm³/mol. The van der Waals surface area contributed by atoms with Crippen LogP contribution in [-0.2, 0) is 9.59 Å². The first-order chi connectivity index (χ1) is 11.1. The molecule has 2 aliphatic rings. The van der Waals surface area contributed by atoms with Crippen molar-refractivity contribution >= 4 is 17.7 Å². The lowest BCUT2D eigenvalue weighted by atomic mass is 10.2. The Bertz CT molecular complexity index is 580. The van der Waals surface area contributed by atoms with Crippen molar-refractivity contribution in [2.24, 2.45) is 0 Å². The zero-order valence-electron chi connectivity index (χ0n) is 12.9. The summed E-state index contributed by atoms with van der Waals surface area (Å²) in [4.78, 5) is 37.8. The number of rotatable bonds is 6. The van der Waals surface area contributed by atoms with E-state index in [-0.39, 0.29) is 42.5 Å². The molecule has 1 atom stereocenters. The van der Waals surface area contributed by atoms with Crippen LogP contribution in [0.1, 0.15) is 42.7 Å². The number of carbonyl (C=O) groups excluding carboxylic acids is 3. The van der Waals surface area contributed by atoms with Gasteiger partial charge in [-0.3, -0.25) is 14.4 Å². The molecule has 1 saturated heterocycles. The second kappa shape index (κ2) is 6.85. The Kier molecular flexibility index (Phi) is 4.64. The number of hydrogen-bond acceptors (Lipinski definition) is 4. The van der Waals surface area contributed by atoms with E-state index in [4.69, 9.17) is 4.42 Å². The van der Waals surface area contributed by atoms with Gasteiger partial charge in [-0.15, -0.1) is 0 Å². The molecule has 2 N–H and O–H groups in total. The Morgan fingerprint density at radius 1 is 1.26 bits per heavy atom. The molecule has 1 aliphatic carbocycles. The summed E-state index contributed by atoms with van der Waals surface area (Å²) >= 11 is 0. The highest BCUT2D eigenvalue weighted by molar-refractivity contribution is 5.92. The number of nitrogens with one attached hydrogen (secondary N) is 2. The van der Waals surface area contributed by atoms with Crippen molar-refractivity contribution in [1.82, 2.24) is 15.5 Å². The third kappa shape index (κ3) is 3.91. The quantitative estimate of drug-likeness (QED) is 0.806. The second-order valence-electron chi connectivity index (χ2n) is 6.01. The minimum absolute atomic E-state index is 0.0435. The monoisotopic (exact) mass is 319 g/mol. The first-order valence-electron chi connectivity index (χ1n) is 8.06. The molecule has 0 radical (unpaired) electrons. The molecular weight excluding hydrogens is 298 g/mol.